The molecule has 0 heterocycles. The SMILES string of the molecule is CCCCC(=C=CC(C)C)[C@@](C)(N)C(=O)OC. The van der Waals surface area contributed by atoms with Gasteiger partial charge in [-0.2, -0.15) is 0 Å². The zero-order valence-corrected chi connectivity index (χ0v) is 11.7. The van der Waals surface area contributed by atoms with Crippen LogP contribution in [0.3, 0.4) is 0 Å². The van der Waals surface area contributed by atoms with Gasteiger partial charge >= 0.3 is 5.97 Å². The summed E-state index contributed by atoms with van der Waals surface area (Å²) in [5.74, 6) is -0.0201. The van der Waals surface area contributed by atoms with Gasteiger partial charge in [0.15, 0.2) is 0 Å². The van der Waals surface area contributed by atoms with Crippen LogP contribution < -0.4 is 5.73 Å². The van der Waals surface area contributed by atoms with Crippen molar-refractivity contribution in [3.63, 3.8) is 0 Å². The van der Waals surface area contributed by atoms with E-state index < -0.39 is 11.5 Å². The molecular weight excluding hydrogens is 214 g/mol. The van der Waals surface area contributed by atoms with Gasteiger partial charge in [-0.05, 0) is 31.8 Å². The van der Waals surface area contributed by atoms with Gasteiger partial charge in [-0.15, -0.1) is 5.73 Å². The summed E-state index contributed by atoms with van der Waals surface area (Å²) in [5, 5.41) is 0. The first-order valence-electron chi connectivity index (χ1n) is 6.19. The Morgan fingerprint density at radius 2 is 2.12 bits per heavy atom. The van der Waals surface area contributed by atoms with Gasteiger partial charge in [-0.1, -0.05) is 27.2 Å². The van der Waals surface area contributed by atoms with E-state index in [1.54, 1.807) is 6.92 Å². The first kappa shape index (κ1) is 16.0. The molecular formula is C14H25NO2. The number of rotatable bonds is 6. The fourth-order valence-corrected chi connectivity index (χ4v) is 1.44. The van der Waals surface area contributed by atoms with Crippen molar-refractivity contribution in [1.82, 2.24) is 0 Å². The summed E-state index contributed by atoms with van der Waals surface area (Å²) in [4.78, 5) is 11.7. The van der Waals surface area contributed by atoms with E-state index in [1.165, 1.54) is 7.11 Å². The quantitative estimate of drug-likeness (QED) is 0.573. The van der Waals surface area contributed by atoms with Crippen molar-refractivity contribution in [2.75, 3.05) is 7.11 Å². The van der Waals surface area contributed by atoms with Crippen LogP contribution in [-0.2, 0) is 9.53 Å². The number of hydrogen-bond donors (Lipinski definition) is 1. The van der Waals surface area contributed by atoms with Crippen molar-refractivity contribution in [3.05, 3.63) is 17.4 Å². The standard InChI is InChI=1S/C14H25NO2/c1-6-7-8-12(10-9-11(2)3)14(4,15)13(16)17-5/h9,11H,6-8,15H2,1-5H3/t10?,14-/m1/s1. The topological polar surface area (TPSA) is 52.3 Å². The lowest BCUT2D eigenvalue weighted by Gasteiger charge is -2.23. The number of ether oxygens (including phenoxy) is 1. The van der Waals surface area contributed by atoms with E-state index in [4.69, 9.17) is 10.5 Å². The van der Waals surface area contributed by atoms with E-state index in [0.717, 1.165) is 24.8 Å². The summed E-state index contributed by atoms with van der Waals surface area (Å²) in [7, 11) is 1.36. The Bertz CT molecular complexity index is 310. The van der Waals surface area contributed by atoms with Crippen LogP contribution in [0, 0.1) is 5.92 Å². The highest BCUT2D eigenvalue weighted by Crippen LogP contribution is 2.20. The molecule has 0 rings (SSSR count). The number of methoxy groups -OCH3 is 1. The second kappa shape index (κ2) is 7.31. The number of carbonyl (C=O) groups is 1. The third-order valence-electron chi connectivity index (χ3n) is 2.61. The molecule has 0 amide bonds. The van der Waals surface area contributed by atoms with Gasteiger partial charge in [0, 0.05) is 5.57 Å². The van der Waals surface area contributed by atoms with E-state index in [1.807, 2.05) is 6.08 Å². The van der Waals surface area contributed by atoms with Crippen LogP contribution >= 0.6 is 0 Å². The van der Waals surface area contributed by atoms with Crippen LogP contribution in [0.5, 0.6) is 0 Å². The smallest absolute Gasteiger partial charge is 0.330 e. The van der Waals surface area contributed by atoms with Crippen molar-refractivity contribution < 1.29 is 9.53 Å². The van der Waals surface area contributed by atoms with Crippen molar-refractivity contribution in [2.45, 2.75) is 52.5 Å². The minimum atomic E-state index is -1.07. The largest absolute Gasteiger partial charge is 0.467 e. The summed E-state index contributed by atoms with van der Waals surface area (Å²) in [6.07, 6.45) is 4.78. The van der Waals surface area contributed by atoms with E-state index in [0.29, 0.717) is 5.92 Å². The number of carbonyl (C=O) groups excluding carboxylic acids is 1. The summed E-state index contributed by atoms with van der Waals surface area (Å²) in [6.45, 7) is 7.92. The summed E-state index contributed by atoms with van der Waals surface area (Å²) >= 11 is 0. The molecule has 0 aromatic heterocycles. The van der Waals surface area contributed by atoms with E-state index in [-0.39, 0.29) is 0 Å². The Kier molecular flexibility index (Phi) is 6.86. The van der Waals surface area contributed by atoms with Gasteiger partial charge in [0.1, 0.15) is 5.54 Å². The lowest BCUT2D eigenvalue weighted by atomic mass is 9.89. The van der Waals surface area contributed by atoms with Gasteiger partial charge in [-0.3, -0.25) is 0 Å². The monoisotopic (exact) mass is 239 g/mol. The summed E-state index contributed by atoms with van der Waals surface area (Å²) in [5.41, 5.74) is 8.97. The molecule has 3 heteroatoms. The van der Waals surface area contributed by atoms with Gasteiger partial charge in [0.05, 0.1) is 7.11 Å². The first-order valence-corrected chi connectivity index (χ1v) is 6.19. The predicted molar refractivity (Wildman–Crippen MR) is 70.6 cm³/mol. The van der Waals surface area contributed by atoms with Crippen LogP contribution in [0.4, 0.5) is 0 Å². The van der Waals surface area contributed by atoms with E-state index in [2.05, 4.69) is 26.5 Å². The maximum absolute atomic E-state index is 11.7. The molecule has 0 saturated carbocycles. The minimum Gasteiger partial charge on any atom is -0.467 e. The molecule has 3 nitrogen and oxygen atoms in total. The van der Waals surface area contributed by atoms with E-state index >= 15 is 0 Å². The maximum Gasteiger partial charge on any atom is 0.330 e. The molecule has 0 unspecified atom stereocenters. The van der Waals surface area contributed by atoms with Crippen LogP contribution in [-0.4, -0.2) is 18.6 Å². The Labute approximate surface area is 105 Å². The second-order valence-electron chi connectivity index (χ2n) is 4.83. The summed E-state index contributed by atoms with van der Waals surface area (Å²) < 4.78 is 4.74. The van der Waals surface area contributed by atoms with Gasteiger partial charge < -0.3 is 10.5 Å². The highest BCUT2D eigenvalue weighted by Gasteiger charge is 2.33. The molecule has 1 atom stereocenters. The van der Waals surface area contributed by atoms with Crippen LogP contribution in [0.25, 0.3) is 0 Å². The lowest BCUT2D eigenvalue weighted by Crippen LogP contribution is -2.47. The molecule has 0 aliphatic heterocycles. The molecule has 17 heavy (non-hydrogen) atoms. The van der Waals surface area contributed by atoms with Gasteiger partial charge in [0.25, 0.3) is 0 Å². The number of esters is 1. The number of hydrogen-bond acceptors (Lipinski definition) is 3. The van der Waals surface area contributed by atoms with E-state index in [9.17, 15) is 4.79 Å². The average Bonchev–Trinajstić information content (AvgIpc) is 2.27. The zero-order chi connectivity index (χ0) is 13.5. The molecule has 0 aliphatic rings. The molecule has 2 N–H and O–H groups in total. The minimum absolute atomic E-state index is 0.389. The van der Waals surface area contributed by atoms with Crippen molar-refractivity contribution in [3.8, 4) is 0 Å². The third-order valence-corrected chi connectivity index (χ3v) is 2.61. The second-order valence-corrected chi connectivity index (χ2v) is 4.83. The van der Waals surface area contributed by atoms with Crippen molar-refractivity contribution in [2.24, 2.45) is 11.7 Å². The predicted octanol–water partition coefficient (Wildman–Crippen LogP) is 2.80. The van der Waals surface area contributed by atoms with Gasteiger partial charge in [-0.25, -0.2) is 4.79 Å². The fourth-order valence-electron chi connectivity index (χ4n) is 1.44. The molecule has 0 radical (unpaired) electrons. The molecule has 0 bridgehead atoms. The van der Waals surface area contributed by atoms with Crippen molar-refractivity contribution in [1.29, 1.82) is 0 Å². The van der Waals surface area contributed by atoms with Crippen molar-refractivity contribution >= 4 is 5.97 Å². The molecule has 0 aromatic carbocycles. The Balaban J connectivity index is 5.17. The number of unbranched alkanes of at least 4 members (excludes halogenated alkanes) is 1. The zero-order valence-electron chi connectivity index (χ0n) is 11.7. The molecule has 0 aliphatic carbocycles. The Morgan fingerprint density at radius 1 is 1.53 bits per heavy atom. The third kappa shape index (κ3) is 5.20. The molecule has 98 valence electrons. The molecule has 0 fully saturated rings. The molecule has 0 spiro atoms. The molecule has 0 saturated heterocycles. The highest BCUT2D eigenvalue weighted by molar-refractivity contribution is 5.84. The average molecular weight is 239 g/mol. The van der Waals surface area contributed by atoms with Crippen LogP contribution in [0.1, 0.15) is 47.0 Å². The maximum atomic E-state index is 11.7. The van der Waals surface area contributed by atoms with Crippen LogP contribution in [0.2, 0.25) is 0 Å². The number of nitrogens with two attached hydrogens (primary N) is 1. The highest BCUT2D eigenvalue weighted by atomic mass is 16.5. The Morgan fingerprint density at radius 3 is 2.53 bits per heavy atom. The molecule has 0 aromatic rings. The van der Waals surface area contributed by atoms with Crippen LogP contribution in [0.15, 0.2) is 17.4 Å². The lowest BCUT2D eigenvalue weighted by molar-refractivity contribution is -0.144. The Hall–Kier alpha value is -1.05. The summed E-state index contributed by atoms with van der Waals surface area (Å²) in [6, 6.07) is 0. The van der Waals surface area contributed by atoms with Gasteiger partial charge in [0.2, 0.25) is 0 Å². The normalized spacial score (nSPS) is 13.8. The first-order chi connectivity index (χ1) is 7.86. The fraction of sp³-hybridized carbons (Fsp3) is 0.714.